The summed E-state index contributed by atoms with van der Waals surface area (Å²) in [5.41, 5.74) is -1.44. The fourth-order valence-corrected chi connectivity index (χ4v) is 1.85. The maximum absolute atomic E-state index is 10.3. The maximum atomic E-state index is 10.3. The Labute approximate surface area is 137 Å². The zero-order chi connectivity index (χ0) is 17.1. The molecule has 5 heteroatoms. The number of para-hydroxylation sites is 1. The van der Waals surface area contributed by atoms with E-state index in [4.69, 9.17) is 9.39 Å². The SMILES string of the molecule is CC(C)(O)C(C)(C)OB(O)c1cccc(Oc2ccccc2)c1. The van der Waals surface area contributed by atoms with Crippen LogP contribution in [0.5, 0.6) is 11.5 Å². The summed E-state index contributed by atoms with van der Waals surface area (Å²) in [7, 11) is -1.16. The van der Waals surface area contributed by atoms with Crippen LogP contribution in [0.2, 0.25) is 0 Å². The molecule has 0 bridgehead atoms. The Morgan fingerprint density at radius 3 is 2.09 bits per heavy atom. The minimum atomic E-state index is -1.16. The van der Waals surface area contributed by atoms with E-state index in [1.54, 1.807) is 45.9 Å². The van der Waals surface area contributed by atoms with Crippen molar-refractivity contribution in [1.82, 2.24) is 0 Å². The summed E-state index contributed by atoms with van der Waals surface area (Å²) in [4.78, 5) is 0. The van der Waals surface area contributed by atoms with E-state index in [2.05, 4.69) is 0 Å². The predicted octanol–water partition coefficient (Wildman–Crippen LogP) is 2.73. The summed E-state index contributed by atoms with van der Waals surface area (Å²) in [6.07, 6.45) is 0. The molecule has 2 N–H and O–H groups in total. The summed E-state index contributed by atoms with van der Waals surface area (Å²) < 4.78 is 11.4. The Hall–Kier alpha value is -1.82. The first kappa shape index (κ1) is 17.5. The zero-order valence-corrected chi connectivity index (χ0v) is 14.0. The van der Waals surface area contributed by atoms with Crippen molar-refractivity contribution in [2.45, 2.75) is 38.9 Å². The van der Waals surface area contributed by atoms with Crippen molar-refractivity contribution >= 4 is 12.6 Å². The summed E-state index contributed by atoms with van der Waals surface area (Å²) in [6.45, 7) is 6.77. The Bertz CT molecular complexity index is 635. The average Bonchev–Trinajstić information content (AvgIpc) is 2.47. The number of rotatable bonds is 6. The zero-order valence-electron chi connectivity index (χ0n) is 14.0. The van der Waals surface area contributed by atoms with Crippen molar-refractivity contribution in [1.29, 1.82) is 0 Å². The van der Waals surface area contributed by atoms with E-state index >= 15 is 0 Å². The van der Waals surface area contributed by atoms with E-state index < -0.39 is 18.3 Å². The summed E-state index contributed by atoms with van der Waals surface area (Å²) in [5.74, 6) is 1.33. The highest BCUT2D eigenvalue weighted by Crippen LogP contribution is 2.26. The third-order valence-electron chi connectivity index (χ3n) is 4.00. The summed E-state index contributed by atoms with van der Waals surface area (Å²) in [5, 5.41) is 20.5. The van der Waals surface area contributed by atoms with Gasteiger partial charge in [0.1, 0.15) is 11.5 Å². The Balaban J connectivity index is 2.13. The van der Waals surface area contributed by atoms with Crippen molar-refractivity contribution in [3.63, 3.8) is 0 Å². The topological polar surface area (TPSA) is 58.9 Å². The van der Waals surface area contributed by atoms with Crippen LogP contribution in [0.25, 0.3) is 0 Å². The fourth-order valence-electron chi connectivity index (χ4n) is 1.85. The molecule has 0 aromatic heterocycles. The first-order valence-corrected chi connectivity index (χ1v) is 7.60. The van der Waals surface area contributed by atoms with E-state index in [0.717, 1.165) is 5.75 Å². The quantitative estimate of drug-likeness (QED) is 0.805. The highest BCUT2D eigenvalue weighted by atomic mass is 16.5. The largest absolute Gasteiger partial charge is 0.491 e. The third-order valence-corrected chi connectivity index (χ3v) is 4.00. The molecule has 0 saturated heterocycles. The number of hydrogen-bond acceptors (Lipinski definition) is 4. The Kier molecular flexibility index (Phi) is 5.14. The Morgan fingerprint density at radius 2 is 1.48 bits per heavy atom. The number of ether oxygens (including phenoxy) is 1. The van der Waals surface area contributed by atoms with Crippen LogP contribution >= 0.6 is 0 Å². The second-order valence-electron chi connectivity index (χ2n) is 6.53. The molecule has 0 aliphatic carbocycles. The van der Waals surface area contributed by atoms with Gasteiger partial charge in [0.15, 0.2) is 0 Å². The molecule has 0 radical (unpaired) electrons. The van der Waals surface area contributed by atoms with Gasteiger partial charge in [-0.05, 0) is 57.4 Å². The van der Waals surface area contributed by atoms with E-state index in [9.17, 15) is 10.1 Å². The lowest BCUT2D eigenvalue weighted by molar-refractivity contribution is -0.0982. The highest BCUT2D eigenvalue weighted by Gasteiger charge is 2.39. The molecule has 0 saturated carbocycles. The molecule has 0 unspecified atom stereocenters. The number of aliphatic hydroxyl groups is 1. The van der Waals surface area contributed by atoms with E-state index in [-0.39, 0.29) is 0 Å². The van der Waals surface area contributed by atoms with Gasteiger partial charge >= 0.3 is 7.12 Å². The van der Waals surface area contributed by atoms with Gasteiger partial charge in [0, 0.05) is 0 Å². The lowest BCUT2D eigenvalue weighted by Gasteiger charge is -2.38. The van der Waals surface area contributed by atoms with Crippen LogP contribution in [-0.4, -0.2) is 28.5 Å². The molecular weight excluding hydrogens is 291 g/mol. The summed E-state index contributed by atoms with van der Waals surface area (Å²) in [6, 6.07) is 16.5. The second-order valence-corrected chi connectivity index (χ2v) is 6.53. The predicted molar refractivity (Wildman–Crippen MR) is 92.0 cm³/mol. The number of hydrogen-bond donors (Lipinski definition) is 2. The van der Waals surface area contributed by atoms with E-state index in [0.29, 0.717) is 11.2 Å². The fraction of sp³-hybridized carbons (Fsp3) is 0.333. The van der Waals surface area contributed by atoms with Gasteiger partial charge in [-0.2, -0.15) is 0 Å². The van der Waals surface area contributed by atoms with Gasteiger partial charge in [0.05, 0.1) is 11.2 Å². The monoisotopic (exact) mass is 314 g/mol. The lowest BCUT2D eigenvalue weighted by atomic mass is 9.76. The van der Waals surface area contributed by atoms with Crippen LogP contribution in [0.15, 0.2) is 54.6 Å². The molecule has 0 heterocycles. The van der Waals surface area contributed by atoms with Crippen LogP contribution in [0, 0.1) is 0 Å². The molecule has 2 aromatic carbocycles. The summed E-state index contributed by atoms with van der Waals surface area (Å²) >= 11 is 0. The van der Waals surface area contributed by atoms with Gasteiger partial charge in [-0.1, -0.05) is 30.3 Å². The second kappa shape index (κ2) is 6.75. The van der Waals surface area contributed by atoms with Crippen molar-refractivity contribution in [3.8, 4) is 11.5 Å². The van der Waals surface area contributed by atoms with Crippen LogP contribution in [-0.2, 0) is 4.65 Å². The first-order chi connectivity index (χ1) is 10.7. The molecule has 0 aliphatic heterocycles. The molecule has 2 rings (SSSR count). The normalized spacial score (nSPS) is 12.1. The molecule has 0 amide bonds. The molecule has 23 heavy (non-hydrogen) atoms. The lowest BCUT2D eigenvalue weighted by Crippen LogP contribution is -2.53. The standard InChI is InChI=1S/C18H23BO4/c1-17(2,20)18(3,4)23-19(21)14-9-8-12-16(13-14)22-15-10-6-5-7-11-15/h5-13,20-21H,1-4H3. The van der Waals surface area contributed by atoms with Crippen LogP contribution in [0.1, 0.15) is 27.7 Å². The highest BCUT2D eigenvalue weighted by molar-refractivity contribution is 6.60. The van der Waals surface area contributed by atoms with Gasteiger partial charge in [-0.25, -0.2) is 0 Å². The number of benzene rings is 2. The first-order valence-electron chi connectivity index (χ1n) is 7.60. The van der Waals surface area contributed by atoms with Crippen molar-refractivity contribution in [2.24, 2.45) is 0 Å². The van der Waals surface area contributed by atoms with Crippen LogP contribution in [0.4, 0.5) is 0 Å². The molecular formula is C18H23BO4. The maximum Gasteiger partial charge on any atom is 0.491 e. The molecule has 2 aromatic rings. The van der Waals surface area contributed by atoms with Crippen LogP contribution < -0.4 is 10.2 Å². The molecule has 4 nitrogen and oxygen atoms in total. The van der Waals surface area contributed by atoms with Gasteiger partial charge in [-0.15, -0.1) is 0 Å². The van der Waals surface area contributed by atoms with Gasteiger partial charge < -0.3 is 19.5 Å². The molecule has 0 spiro atoms. The van der Waals surface area contributed by atoms with Crippen molar-refractivity contribution in [2.75, 3.05) is 0 Å². The van der Waals surface area contributed by atoms with E-state index in [1.807, 2.05) is 36.4 Å². The molecule has 0 aliphatic rings. The minimum absolute atomic E-state index is 0.566. The minimum Gasteiger partial charge on any atom is -0.457 e. The third kappa shape index (κ3) is 4.58. The average molecular weight is 314 g/mol. The molecule has 122 valence electrons. The van der Waals surface area contributed by atoms with Crippen molar-refractivity contribution < 1.29 is 19.5 Å². The van der Waals surface area contributed by atoms with E-state index in [1.165, 1.54) is 0 Å². The van der Waals surface area contributed by atoms with Crippen molar-refractivity contribution in [3.05, 3.63) is 54.6 Å². The van der Waals surface area contributed by atoms with Gasteiger partial charge in [0.25, 0.3) is 0 Å². The molecule has 0 atom stereocenters. The van der Waals surface area contributed by atoms with Gasteiger partial charge in [-0.3, -0.25) is 0 Å². The smallest absolute Gasteiger partial charge is 0.457 e. The Morgan fingerprint density at radius 1 is 0.870 bits per heavy atom. The molecule has 0 fully saturated rings. The van der Waals surface area contributed by atoms with Gasteiger partial charge in [0.2, 0.25) is 0 Å². The van der Waals surface area contributed by atoms with Crippen LogP contribution in [0.3, 0.4) is 0 Å².